The van der Waals surface area contributed by atoms with Gasteiger partial charge < -0.3 is 15.2 Å². The Hall–Kier alpha value is -3.36. The van der Waals surface area contributed by atoms with Crippen LogP contribution in [0.5, 0.6) is 0 Å². The molecule has 1 aliphatic rings. The summed E-state index contributed by atoms with van der Waals surface area (Å²) in [6.45, 7) is 1.01. The van der Waals surface area contributed by atoms with E-state index < -0.39 is 5.91 Å². The second-order valence-corrected chi connectivity index (χ2v) is 7.16. The van der Waals surface area contributed by atoms with Crippen molar-refractivity contribution < 1.29 is 19.2 Å². The van der Waals surface area contributed by atoms with E-state index in [9.17, 15) is 19.2 Å². The van der Waals surface area contributed by atoms with Crippen LogP contribution >= 0.6 is 0 Å². The molecule has 1 fully saturated rings. The lowest BCUT2D eigenvalue weighted by Gasteiger charge is -2.30. The van der Waals surface area contributed by atoms with Gasteiger partial charge in [0.25, 0.3) is 5.91 Å². The molecule has 0 spiro atoms. The Bertz CT molecular complexity index is 914. The van der Waals surface area contributed by atoms with Gasteiger partial charge in [-0.05, 0) is 30.4 Å². The third-order valence-corrected chi connectivity index (χ3v) is 5.15. The van der Waals surface area contributed by atoms with E-state index in [2.05, 4.69) is 10.9 Å². The summed E-state index contributed by atoms with van der Waals surface area (Å²) in [5.41, 5.74) is 10.9. The van der Waals surface area contributed by atoms with E-state index in [1.165, 1.54) is 0 Å². The van der Waals surface area contributed by atoms with Gasteiger partial charge in [0.05, 0.1) is 0 Å². The number of rotatable bonds is 6. The summed E-state index contributed by atoms with van der Waals surface area (Å²) in [6, 6.07) is 9.61. The maximum atomic E-state index is 12.2. The van der Waals surface area contributed by atoms with Crippen molar-refractivity contribution in [2.75, 3.05) is 13.1 Å². The zero-order valence-corrected chi connectivity index (χ0v) is 16.1. The minimum atomic E-state index is -0.434. The fourth-order valence-electron chi connectivity index (χ4n) is 3.47. The van der Waals surface area contributed by atoms with Crippen molar-refractivity contribution in [1.29, 1.82) is 0 Å². The number of para-hydroxylation sites is 1. The Morgan fingerprint density at radius 1 is 0.966 bits per heavy atom. The molecule has 154 valence electrons. The first kappa shape index (κ1) is 20.4. The number of nitrogens with zero attached hydrogens (tertiary/aromatic N) is 2. The summed E-state index contributed by atoms with van der Waals surface area (Å²) in [5, 5.41) is 1.03. The molecule has 1 aromatic heterocycles. The van der Waals surface area contributed by atoms with Crippen LogP contribution < -0.4 is 16.6 Å². The SMILES string of the molecule is NC(=O)C1CCN(C(=O)CCC(=O)NNC(=O)Cn2ccc3ccccc32)CC1. The Morgan fingerprint density at radius 2 is 1.66 bits per heavy atom. The predicted molar refractivity (Wildman–Crippen MR) is 106 cm³/mol. The molecule has 0 bridgehead atoms. The fraction of sp³-hybridized carbons (Fsp3) is 0.400. The van der Waals surface area contributed by atoms with Gasteiger partial charge in [-0.15, -0.1) is 0 Å². The largest absolute Gasteiger partial charge is 0.369 e. The zero-order chi connectivity index (χ0) is 20.8. The lowest BCUT2D eigenvalue weighted by Crippen LogP contribution is -2.44. The molecular formula is C20H25N5O4. The van der Waals surface area contributed by atoms with Crippen LogP contribution in [0.15, 0.2) is 36.5 Å². The maximum absolute atomic E-state index is 12.2. The molecule has 0 atom stereocenters. The van der Waals surface area contributed by atoms with Crippen molar-refractivity contribution in [2.24, 2.45) is 11.7 Å². The number of nitrogens with one attached hydrogen (secondary N) is 2. The number of primary amides is 1. The smallest absolute Gasteiger partial charge is 0.258 e. The van der Waals surface area contributed by atoms with Crippen LogP contribution in [0.25, 0.3) is 10.9 Å². The monoisotopic (exact) mass is 399 g/mol. The molecule has 1 aromatic carbocycles. The molecule has 4 amide bonds. The number of piperidine rings is 1. The molecule has 0 aliphatic carbocycles. The fourth-order valence-corrected chi connectivity index (χ4v) is 3.47. The van der Waals surface area contributed by atoms with Gasteiger partial charge in [0.1, 0.15) is 6.54 Å². The second-order valence-electron chi connectivity index (χ2n) is 7.16. The summed E-state index contributed by atoms with van der Waals surface area (Å²) in [6.07, 6.45) is 2.94. The van der Waals surface area contributed by atoms with Crippen LogP contribution in [0.3, 0.4) is 0 Å². The van der Waals surface area contributed by atoms with E-state index in [0.717, 1.165) is 10.9 Å². The van der Waals surface area contributed by atoms with Crippen LogP contribution in [0.4, 0.5) is 0 Å². The Balaban J connectivity index is 1.37. The van der Waals surface area contributed by atoms with Crippen molar-refractivity contribution in [3.05, 3.63) is 36.5 Å². The highest BCUT2D eigenvalue weighted by molar-refractivity contribution is 5.87. The molecule has 1 aliphatic heterocycles. The van der Waals surface area contributed by atoms with Gasteiger partial charge in [0.15, 0.2) is 0 Å². The maximum Gasteiger partial charge on any atom is 0.258 e. The highest BCUT2D eigenvalue weighted by Crippen LogP contribution is 2.17. The third kappa shape index (κ3) is 5.34. The Labute approximate surface area is 168 Å². The Morgan fingerprint density at radius 3 is 2.38 bits per heavy atom. The normalized spacial score (nSPS) is 14.6. The summed E-state index contributed by atoms with van der Waals surface area (Å²) in [7, 11) is 0. The molecule has 0 radical (unpaired) electrons. The number of aromatic nitrogens is 1. The first-order valence-corrected chi connectivity index (χ1v) is 9.62. The lowest BCUT2D eigenvalue weighted by atomic mass is 9.96. The first-order valence-electron chi connectivity index (χ1n) is 9.62. The number of carbonyl (C=O) groups is 4. The molecule has 0 saturated carbocycles. The van der Waals surface area contributed by atoms with Crippen LogP contribution in [0.2, 0.25) is 0 Å². The second kappa shape index (κ2) is 9.22. The van der Waals surface area contributed by atoms with Crippen LogP contribution in [0, 0.1) is 5.92 Å². The third-order valence-electron chi connectivity index (χ3n) is 5.15. The number of nitrogens with two attached hydrogens (primary N) is 1. The van der Waals surface area contributed by atoms with Crippen molar-refractivity contribution in [3.63, 3.8) is 0 Å². The van der Waals surface area contributed by atoms with E-state index in [1.807, 2.05) is 36.5 Å². The van der Waals surface area contributed by atoms with Crippen LogP contribution in [-0.2, 0) is 25.7 Å². The number of hydrazine groups is 1. The van der Waals surface area contributed by atoms with Gasteiger partial charge in [-0.3, -0.25) is 30.0 Å². The highest BCUT2D eigenvalue weighted by atomic mass is 16.2. The topological polar surface area (TPSA) is 127 Å². The predicted octanol–water partition coefficient (Wildman–Crippen LogP) is 0.293. The number of hydrogen-bond acceptors (Lipinski definition) is 4. The number of fused-ring (bicyclic) bond motifs is 1. The van der Waals surface area contributed by atoms with Crippen molar-refractivity contribution >= 4 is 34.5 Å². The van der Waals surface area contributed by atoms with E-state index in [4.69, 9.17) is 5.73 Å². The number of amides is 4. The Kier molecular flexibility index (Phi) is 6.48. The van der Waals surface area contributed by atoms with Crippen LogP contribution in [-0.4, -0.2) is 46.2 Å². The number of benzene rings is 1. The van der Waals surface area contributed by atoms with E-state index in [-0.39, 0.29) is 43.0 Å². The van der Waals surface area contributed by atoms with E-state index in [1.54, 1.807) is 9.47 Å². The molecule has 4 N–H and O–H groups in total. The average molecular weight is 399 g/mol. The number of likely N-dealkylation sites (tertiary alicyclic amines) is 1. The van der Waals surface area contributed by atoms with Crippen molar-refractivity contribution in [1.82, 2.24) is 20.3 Å². The molecular weight excluding hydrogens is 374 g/mol. The standard InChI is InChI=1S/C20H25N5O4/c21-20(29)15-8-10-24(11-9-15)19(28)6-5-17(26)22-23-18(27)13-25-12-7-14-3-1-2-4-16(14)25/h1-4,7,12,15H,5-6,8-11,13H2,(H2,21,29)(H,22,26)(H,23,27). The molecule has 3 rings (SSSR count). The minimum absolute atomic E-state index is 0.0265. The van der Waals surface area contributed by atoms with Crippen molar-refractivity contribution in [2.45, 2.75) is 32.2 Å². The minimum Gasteiger partial charge on any atom is -0.369 e. The lowest BCUT2D eigenvalue weighted by molar-refractivity contribution is -0.136. The summed E-state index contributed by atoms with van der Waals surface area (Å²) in [5.74, 6) is -1.46. The van der Waals surface area contributed by atoms with Gasteiger partial charge in [0, 0.05) is 43.6 Å². The molecule has 2 heterocycles. The molecule has 0 unspecified atom stereocenters. The van der Waals surface area contributed by atoms with E-state index in [0.29, 0.717) is 25.9 Å². The molecule has 29 heavy (non-hydrogen) atoms. The number of hydrogen-bond donors (Lipinski definition) is 3. The summed E-state index contributed by atoms with van der Waals surface area (Å²) >= 11 is 0. The molecule has 9 nitrogen and oxygen atoms in total. The summed E-state index contributed by atoms with van der Waals surface area (Å²) < 4.78 is 1.79. The van der Waals surface area contributed by atoms with Crippen LogP contribution in [0.1, 0.15) is 25.7 Å². The highest BCUT2D eigenvalue weighted by Gasteiger charge is 2.25. The van der Waals surface area contributed by atoms with Gasteiger partial charge >= 0.3 is 0 Å². The van der Waals surface area contributed by atoms with Gasteiger partial charge in [-0.1, -0.05) is 18.2 Å². The molecule has 9 heteroatoms. The zero-order valence-electron chi connectivity index (χ0n) is 16.1. The van der Waals surface area contributed by atoms with Gasteiger partial charge in [-0.25, -0.2) is 0 Å². The summed E-state index contributed by atoms with van der Waals surface area (Å²) in [4.78, 5) is 49.0. The van der Waals surface area contributed by atoms with Gasteiger partial charge in [0.2, 0.25) is 17.7 Å². The molecule has 2 aromatic rings. The average Bonchev–Trinajstić information content (AvgIpc) is 3.13. The van der Waals surface area contributed by atoms with Gasteiger partial charge in [-0.2, -0.15) is 0 Å². The van der Waals surface area contributed by atoms with Crippen molar-refractivity contribution in [3.8, 4) is 0 Å². The van der Waals surface area contributed by atoms with E-state index >= 15 is 0 Å². The number of carbonyl (C=O) groups excluding carboxylic acids is 4. The first-order chi connectivity index (χ1) is 13.9. The quantitative estimate of drug-likeness (QED) is 0.604. The molecule has 1 saturated heterocycles.